The summed E-state index contributed by atoms with van der Waals surface area (Å²) in [6.45, 7) is 0.895. The van der Waals surface area contributed by atoms with E-state index in [0.717, 1.165) is 46.8 Å². The average Bonchev–Trinajstić information content (AvgIpc) is 2.78. The quantitative estimate of drug-likeness (QED) is 0.750. The van der Waals surface area contributed by atoms with Gasteiger partial charge in [0.15, 0.2) is 5.76 Å². The van der Waals surface area contributed by atoms with Crippen molar-refractivity contribution in [3.63, 3.8) is 0 Å². The van der Waals surface area contributed by atoms with E-state index in [1.54, 1.807) is 0 Å². The molecule has 0 saturated heterocycles. The van der Waals surface area contributed by atoms with Crippen molar-refractivity contribution in [3.05, 3.63) is 46.7 Å². The number of halogens is 1. The Morgan fingerprint density at radius 1 is 1.17 bits per heavy atom. The molecule has 0 bridgehead atoms. The summed E-state index contributed by atoms with van der Waals surface area (Å²) >= 11 is 6.17. The first-order chi connectivity index (χ1) is 8.83. The lowest BCUT2D eigenvalue weighted by Gasteiger charge is -2.22. The number of benzene rings is 1. The Morgan fingerprint density at radius 3 is 3.00 bits per heavy atom. The standard InChI is InChI=1S/C15H12ClNO/c16-10-6-5-9-8-17-14-11-3-1-2-4-13(11)18-15(14)12(9)7-10/h1-4,7,17H,5-6,8H2. The van der Waals surface area contributed by atoms with Crippen LogP contribution in [0.3, 0.4) is 0 Å². The molecule has 1 N–H and O–H groups in total. The summed E-state index contributed by atoms with van der Waals surface area (Å²) < 4.78 is 5.98. The topological polar surface area (TPSA) is 25.2 Å². The lowest BCUT2D eigenvalue weighted by atomic mass is 9.92. The molecule has 0 fully saturated rings. The van der Waals surface area contributed by atoms with Crippen LogP contribution < -0.4 is 5.32 Å². The van der Waals surface area contributed by atoms with Gasteiger partial charge in [-0.2, -0.15) is 0 Å². The van der Waals surface area contributed by atoms with E-state index in [9.17, 15) is 0 Å². The summed E-state index contributed by atoms with van der Waals surface area (Å²) in [4.78, 5) is 0. The molecule has 0 spiro atoms. The molecule has 2 nitrogen and oxygen atoms in total. The molecule has 0 radical (unpaired) electrons. The highest BCUT2D eigenvalue weighted by Crippen LogP contribution is 2.43. The third-order valence-electron chi connectivity index (χ3n) is 3.67. The average molecular weight is 258 g/mol. The molecule has 0 unspecified atom stereocenters. The predicted octanol–water partition coefficient (Wildman–Crippen LogP) is 4.53. The van der Waals surface area contributed by atoms with Crippen molar-refractivity contribution in [3.8, 4) is 0 Å². The minimum absolute atomic E-state index is 0.895. The zero-order valence-electron chi connectivity index (χ0n) is 9.79. The molecule has 90 valence electrons. The molecule has 3 heteroatoms. The van der Waals surface area contributed by atoms with Gasteiger partial charge in [0.05, 0.1) is 5.69 Å². The van der Waals surface area contributed by atoms with Crippen LogP contribution in [0.25, 0.3) is 16.5 Å². The molecule has 2 aromatic rings. The predicted molar refractivity (Wildman–Crippen MR) is 74.8 cm³/mol. The first kappa shape index (κ1) is 10.3. The molecule has 2 heterocycles. The fourth-order valence-electron chi connectivity index (χ4n) is 2.75. The Labute approximate surface area is 110 Å². The molecule has 1 aromatic heterocycles. The second kappa shape index (κ2) is 3.66. The van der Waals surface area contributed by atoms with Gasteiger partial charge in [0.25, 0.3) is 0 Å². The largest absolute Gasteiger partial charge is 0.454 e. The third kappa shape index (κ3) is 1.36. The van der Waals surface area contributed by atoms with E-state index in [0.29, 0.717) is 0 Å². The van der Waals surface area contributed by atoms with Gasteiger partial charge in [-0.1, -0.05) is 23.7 Å². The number of nitrogens with one attached hydrogen (secondary N) is 1. The molecule has 0 amide bonds. The van der Waals surface area contributed by atoms with Gasteiger partial charge in [0.1, 0.15) is 5.58 Å². The van der Waals surface area contributed by atoms with Crippen LogP contribution in [0, 0.1) is 0 Å². The van der Waals surface area contributed by atoms with Crippen molar-refractivity contribution >= 4 is 33.8 Å². The maximum absolute atomic E-state index is 6.17. The van der Waals surface area contributed by atoms with Crippen LogP contribution in [-0.4, -0.2) is 6.54 Å². The smallest absolute Gasteiger partial charge is 0.158 e. The number of hydrogen-bond donors (Lipinski definition) is 1. The molecule has 0 atom stereocenters. The van der Waals surface area contributed by atoms with Gasteiger partial charge in [-0.05, 0) is 36.6 Å². The van der Waals surface area contributed by atoms with Gasteiger partial charge in [0.2, 0.25) is 0 Å². The fourth-order valence-corrected chi connectivity index (χ4v) is 2.95. The lowest BCUT2D eigenvalue weighted by Crippen LogP contribution is -2.14. The molecular formula is C15H12ClNO. The van der Waals surface area contributed by atoms with Crippen LogP contribution in [0.2, 0.25) is 0 Å². The Morgan fingerprint density at radius 2 is 2.06 bits per heavy atom. The highest BCUT2D eigenvalue weighted by Gasteiger charge is 2.25. The van der Waals surface area contributed by atoms with E-state index in [2.05, 4.69) is 17.5 Å². The molecule has 18 heavy (non-hydrogen) atoms. The van der Waals surface area contributed by atoms with Crippen molar-refractivity contribution in [1.29, 1.82) is 0 Å². The molecule has 0 saturated carbocycles. The number of para-hydroxylation sites is 1. The molecular weight excluding hydrogens is 246 g/mol. The number of furan rings is 1. The third-order valence-corrected chi connectivity index (χ3v) is 3.96. The second-order valence-corrected chi connectivity index (χ2v) is 5.25. The van der Waals surface area contributed by atoms with Crippen molar-refractivity contribution < 1.29 is 4.42 Å². The first-order valence-electron chi connectivity index (χ1n) is 6.17. The minimum Gasteiger partial charge on any atom is -0.454 e. The van der Waals surface area contributed by atoms with Crippen molar-refractivity contribution in [1.82, 2.24) is 0 Å². The SMILES string of the molecule is ClC1=CC2=C(CC1)CNc1c2oc2ccccc12. The Balaban J connectivity index is 2.01. The lowest BCUT2D eigenvalue weighted by molar-refractivity contribution is 0.598. The second-order valence-electron chi connectivity index (χ2n) is 4.76. The van der Waals surface area contributed by atoms with Crippen molar-refractivity contribution in [2.24, 2.45) is 0 Å². The van der Waals surface area contributed by atoms with Crippen LogP contribution in [-0.2, 0) is 0 Å². The van der Waals surface area contributed by atoms with Crippen LogP contribution in [0.15, 0.2) is 45.4 Å². The normalized spacial score (nSPS) is 18.2. The molecule has 4 rings (SSSR count). The monoisotopic (exact) mass is 257 g/mol. The Hall–Kier alpha value is -1.67. The van der Waals surface area contributed by atoms with E-state index in [-0.39, 0.29) is 0 Å². The van der Waals surface area contributed by atoms with E-state index < -0.39 is 0 Å². The van der Waals surface area contributed by atoms with E-state index >= 15 is 0 Å². The van der Waals surface area contributed by atoms with Gasteiger partial charge >= 0.3 is 0 Å². The van der Waals surface area contributed by atoms with Crippen LogP contribution in [0.1, 0.15) is 18.6 Å². The van der Waals surface area contributed by atoms with Gasteiger partial charge in [0, 0.05) is 22.5 Å². The van der Waals surface area contributed by atoms with Crippen LogP contribution in [0.5, 0.6) is 0 Å². The fraction of sp³-hybridized carbons (Fsp3) is 0.200. The maximum Gasteiger partial charge on any atom is 0.158 e. The molecule has 1 aliphatic heterocycles. The van der Waals surface area contributed by atoms with Crippen molar-refractivity contribution in [2.75, 3.05) is 11.9 Å². The summed E-state index contributed by atoms with van der Waals surface area (Å²) in [7, 11) is 0. The number of allylic oxidation sites excluding steroid dienone is 3. The summed E-state index contributed by atoms with van der Waals surface area (Å²) in [6, 6.07) is 8.12. The maximum atomic E-state index is 6.17. The minimum atomic E-state index is 0.895. The Bertz CT molecular complexity index is 708. The summed E-state index contributed by atoms with van der Waals surface area (Å²) in [5.41, 5.74) is 4.60. The number of hydrogen-bond acceptors (Lipinski definition) is 2. The first-order valence-corrected chi connectivity index (χ1v) is 6.54. The van der Waals surface area contributed by atoms with Gasteiger partial charge in [-0.25, -0.2) is 0 Å². The van der Waals surface area contributed by atoms with E-state index in [4.69, 9.17) is 16.0 Å². The summed E-state index contributed by atoms with van der Waals surface area (Å²) in [6.07, 6.45) is 4.02. The summed E-state index contributed by atoms with van der Waals surface area (Å²) in [5, 5.41) is 5.54. The zero-order valence-corrected chi connectivity index (χ0v) is 10.6. The van der Waals surface area contributed by atoms with Crippen LogP contribution in [0.4, 0.5) is 5.69 Å². The van der Waals surface area contributed by atoms with Gasteiger partial charge in [-0.15, -0.1) is 0 Å². The zero-order chi connectivity index (χ0) is 12.1. The number of fused-ring (bicyclic) bond motifs is 4. The van der Waals surface area contributed by atoms with E-state index in [1.165, 1.54) is 11.1 Å². The highest BCUT2D eigenvalue weighted by molar-refractivity contribution is 6.30. The van der Waals surface area contributed by atoms with Crippen LogP contribution >= 0.6 is 11.6 Å². The van der Waals surface area contributed by atoms with Gasteiger partial charge in [-0.3, -0.25) is 0 Å². The molecule has 1 aliphatic carbocycles. The summed E-state index contributed by atoms with van der Waals surface area (Å²) in [5.74, 6) is 0.940. The number of rotatable bonds is 0. The molecule has 2 aliphatic rings. The molecule has 1 aromatic carbocycles. The van der Waals surface area contributed by atoms with Crippen molar-refractivity contribution in [2.45, 2.75) is 12.8 Å². The van der Waals surface area contributed by atoms with Gasteiger partial charge < -0.3 is 9.73 Å². The van der Waals surface area contributed by atoms with E-state index in [1.807, 2.05) is 18.2 Å². The Kier molecular flexibility index (Phi) is 2.09. The highest BCUT2D eigenvalue weighted by atomic mass is 35.5. The number of anilines is 1.